The molecule has 2 amide bonds. The minimum Gasteiger partial charge on any atom is -0.484 e. The van der Waals surface area contributed by atoms with Crippen molar-refractivity contribution >= 4 is 29.2 Å². The van der Waals surface area contributed by atoms with Gasteiger partial charge in [0.15, 0.2) is 6.61 Å². The zero-order valence-electron chi connectivity index (χ0n) is 18.0. The maximum Gasteiger partial charge on any atom is 0.337 e. The highest BCUT2D eigenvalue weighted by atomic mass is 16.5. The largest absolute Gasteiger partial charge is 0.484 e. The average molecular weight is 425 g/mol. The average Bonchev–Trinajstić information content (AvgIpc) is 2.78. The molecular weight excluding hydrogens is 398 g/mol. The maximum absolute atomic E-state index is 12.6. The van der Waals surface area contributed by atoms with Crippen LogP contribution >= 0.6 is 0 Å². The molecule has 1 heterocycles. The predicted octanol–water partition coefficient (Wildman–Crippen LogP) is 2.47. The second kappa shape index (κ2) is 9.97. The smallest absolute Gasteiger partial charge is 0.337 e. The van der Waals surface area contributed by atoms with Crippen LogP contribution in [0, 0.1) is 6.92 Å². The Kier molecular flexibility index (Phi) is 7.12. The summed E-state index contributed by atoms with van der Waals surface area (Å²) in [5.41, 5.74) is 2.71. The predicted molar refractivity (Wildman–Crippen MR) is 118 cm³/mol. The SMILES string of the molecule is COC(=O)c1ccc(N2CCN(C(C)=O)CC2)c(NC(=O)COc2ccc(C)cc2)c1. The molecule has 0 unspecified atom stereocenters. The molecule has 0 atom stereocenters. The molecule has 2 aromatic rings. The highest BCUT2D eigenvalue weighted by Crippen LogP contribution is 2.29. The summed E-state index contributed by atoms with van der Waals surface area (Å²) in [5, 5.41) is 2.85. The van der Waals surface area contributed by atoms with Crippen LogP contribution in [0.1, 0.15) is 22.8 Å². The summed E-state index contributed by atoms with van der Waals surface area (Å²) in [4.78, 5) is 40.0. The van der Waals surface area contributed by atoms with Gasteiger partial charge in [0.2, 0.25) is 5.91 Å². The number of esters is 1. The second-order valence-corrected chi connectivity index (χ2v) is 7.37. The lowest BCUT2D eigenvalue weighted by atomic mass is 10.1. The highest BCUT2D eigenvalue weighted by Gasteiger charge is 2.22. The van der Waals surface area contributed by atoms with Gasteiger partial charge < -0.3 is 24.6 Å². The molecule has 0 aliphatic carbocycles. The lowest BCUT2D eigenvalue weighted by Crippen LogP contribution is -2.48. The third-order valence-electron chi connectivity index (χ3n) is 5.15. The molecule has 0 saturated carbocycles. The van der Waals surface area contributed by atoms with Gasteiger partial charge in [0.1, 0.15) is 5.75 Å². The molecule has 8 heteroatoms. The molecule has 1 aliphatic heterocycles. The first-order valence-corrected chi connectivity index (χ1v) is 10.1. The third kappa shape index (κ3) is 5.75. The van der Waals surface area contributed by atoms with Gasteiger partial charge >= 0.3 is 5.97 Å². The van der Waals surface area contributed by atoms with Crippen LogP contribution in [0.3, 0.4) is 0 Å². The van der Waals surface area contributed by atoms with E-state index < -0.39 is 5.97 Å². The van der Waals surface area contributed by atoms with E-state index in [1.807, 2.05) is 19.1 Å². The van der Waals surface area contributed by atoms with Crippen molar-refractivity contribution in [3.8, 4) is 5.75 Å². The molecule has 1 fully saturated rings. The standard InChI is InChI=1S/C23H27N3O5/c1-16-4-7-19(8-5-16)31-15-22(28)24-20-14-18(23(29)30-3)6-9-21(20)26-12-10-25(11-13-26)17(2)27/h4-9,14H,10-13,15H2,1-3H3,(H,24,28). The molecule has 0 aromatic heterocycles. The van der Waals surface area contributed by atoms with Gasteiger partial charge in [-0.15, -0.1) is 0 Å². The summed E-state index contributed by atoms with van der Waals surface area (Å²) in [5.74, 6) is -0.183. The van der Waals surface area contributed by atoms with Crippen molar-refractivity contribution in [2.24, 2.45) is 0 Å². The first-order valence-electron chi connectivity index (χ1n) is 10.1. The number of hydrogen-bond acceptors (Lipinski definition) is 6. The van der Waals surface area contributed by atoms with Crippen molar-refractivity contribution in [1.29, 1.82) is 0 Å². The Balaban J connectivity index is 1.74. The number of piperazine rings is 1. The Morgan fingerprint density at radius 2 is 1.68 bits per heavy atom. The number of methoxy groups -OCH3 is 1. The zero-order chi connectivity index (χ0) is 22.4. The number of rotatable bonds is 6. The van der Waals surface area contributed by atoms with Crippen molar-refractivity contribution in [3.05, 3.63) is 53.6 Å². The van der Waals surface area contributed by atoms with Gasteiger partial charge in [0, 0.05) is 33.1 Å². The minimum atomic E-state index is -0.487. The Morgan fingerprint density at radius 1 is 1.00 bits per heavy atom. The van der Waals surface area contributed by atoms with Crippen LogP contribution in [0.4, 0.5) is 11.4 Å². The molecule has 1 aliphatic rings. The molecule has 1 N–H and O–H groups in total. The van der Waals surface area contributed by atoms with Gasteiger partial charge in [-0.1, -0.05) is 17.7 Å². The Hall–Kier alpha value is -3.55. The first kappa shape index (κ1) is 22.1. The Morgan fingerprint density at radius 3 is 2.29 bits per heavy atom. The number of carbonyl (C=O) groups is 3. The van der Waals surface area contributed by atoms with Crippen LogP contribution in [-0.2, 0) is 14.3 Å². The minimum absolute atomic E-state index is 0.0440. The van der Waals surface area contributed by atoms with Crippen LogP contribution in [0.5, 0.6) is 5.75 Å². The number of hydrogen-bond donors (Lipinski definition) is 1. The van der Waals surface area contributed by atoms with E-state index in [-0.39, 0.29) is 18.4 Å². The number of aryl methyl sites for hydroxylation is 1. The molecule has 2 aromatic carbocycles. The quantitative estimate of drug-likeness (QED) is 0.716. The van der Waals surface area contributed by atoms with E-state index in [1.54, 1.807) is 42.2 Å². The van der Waals surface area contributed by atoms with Crippen LogP contribution in [-0.4, -0.2) is 62.6 Å². The second-order valence-electron chi connectivity index (χ2n) is 7.37. The number of nitrogens with zero attached hydrogens (tertiary/aromatic N) is 2. The molecular formula is C23H27N3O5. The lowest BCUT2D eigenvalue weighted by molar-refractivity contribution is -0.129. The van der Waals surface area contributed by atoms with Crippen molar-refractivity contribution in [2.45, 2.75) is 13.8 Å². The normalized spacial score (nSPS) is 13.5. The topological polar surface area (TPSA) is 88.2 Å². The van der Waals surface area contributed by atoms with E-state index >= 15 is 0 Å². The summed E-state index contributed by atoms with van der Waals surface area (Å²) in [6, 6.07) is 12.5. The van der Waals surface area contributed by atoms with Crippen LogP contribution in [0.2, 0.25) is 0 Å². The fourth-order valence-corrected chi connectivity index (χ4v) is 3.39. The van der Waals surface area contributed by atoms with Crippen molar-refractivity contribution < 1.29 is 23.9 Å². The third-order valence-corrected chi connectivity index (χ3v) is 5.15. The summed E-state index contributed by atoms with van der Waals surface area (Å²) in [6.07, 6.45) is 0. The number of carbonyl (C=O) groups excluding carboxylic acids is 3. The molecule has 3 rings (SSSR count). The van der Waals surface area contributed by atoms with E-state index in [9.17, 15) is 14.4 Å². The fraction of sp³-hybridized carbons (Fsp3) is 0.348. The first-order chi connectivity index (χ1) is 14.9. The van der Waals surface area contributed by atoms with E-state index in [0.29, 0.717) is 43.2 Å². The van der Waals surface area contributed by atoms with Crippen molar-refractivity contribution in [1.82, 2.24) is 4.90 Å². The van der Waals surface area contributed by atoms with Crippen LogP contribution in [0.15, 0.2) is 42.5 Å². The molecule has 0 bridgehead atoms. The number of ether oxygens (including phenoxy) is 2. The Bertz CT molecular complexity index is 950. The van der Waals surface area contributed by atoms with Crippen molar-refractivity contribution in [3.63, 3.8) is 0 Å². The number of amides is 2. The van der Waals surface area contributed by atoms with Gasteiger partial charge in [0.25, 0.3) is 5.91 Å². The fourth-order valence-electron chi connectivity index (χ4n) is 3.39. The summed E-state index contributed by atoms with van der Waals surface area (Å²) in [6.45, 7) is 5.81. The van der Waals surface area contributed by atoms with Gasteiger partial charge in [-0.05, 0) is 37.3 Å². The molecule has 31 heavy (non-hydrogen) atoms. The maximum atomic E-state index is 12.6. The van der Waals surface area contributed by atoms with E-state index in [2.05, 4.69) is 10.2 Å². The monoisotopic (exact) mass is 425 g/mol. The van der Waals surface area contributed by atoms with E-state index in [4.69, 9.17) is 9.47 Å². The Labute approximate surface area is 181 Å². The number of benzene rings is 2. The molecule has 1 saturated heterocycles. The number of anilines is 2. The van der Waals surface area contributed by atoms with E-state index in [0.717, 1.165) is 11.3 Å². The molecule has 164 valence electrons. The highest BCUT2D eigenvalue weighted by molar-refractivity contribution is 5.98. The van der Waals surface area contributed by atoms with Gasteiger partial charge in [0.05, 0.1) is 24.0 Å². The summed E-state index contributed by atoms with van der Waals surface area (Å²) < 4.78 is 10.4. The van der Waals surface area contributed by atoms with Crippen molar-refractivity contribution in [2.75, 3.05) is 50.1 Å². The molecule has 8 nitrogen and oxygen atoms in total. The van der Waals surface area contributed by atoms with E-state index in [1.165, 1.54) is 7.11 Å². The summed E-state index contributed by atoms with van der Waals surface area (Å²) >= 11 is 0. The molecule has 0 spiro atoms. The zero-order valence-corrected chi connectivity index (χ0v) is 18.0. The van der Waals surface area contributed by atoms with Crippen LogP contribution in [0.25, 0.3) is 0 Å². The van der Waals surface area contributed by atoms with Gasteiger partial charge in [-0.25, -0.2) is 4.79 Å². The lowest BCUT2D eigenvalue weighted by Gasteiger charge is -2.36. The summed E-state index contributed by atoms with van der Waals surface area (Å²) in [7, 11) is 1.31. The van der Waals surface area contributed by atoms with Crippen LogP contribution < -0.4 is 15.0 Å². The number of nitrogens with one attached hydrogen (secondary N) is 1. The van der Waals surface area contributed by atoms with Gasteiger partial charge in [-0.2, -0.15) is 0 Å². The van der Waals surface area contributed by atoms with Gasteiger partial charge in [-0.3, -0.25) is 9.59 Å². The molecule has 0 radical (unpaired) electrons.